The average molecular weight is 261 g/mol. The van der Waals surface area contributed by atoms with Crippen molar-refractivity contribution < 1.29 is 9.53 Å². The molecule has 1 aliphatic heterocycles. The highest BCUT2D eigenvalue weighted by Crippen LogP contribution is 2.32. The number of ether oxygens (including phenoxy) is 1. The summed E-state index contributed by atoms with van der Waals surface area (Å²) in [5.74, 6) is 0.108. The number of hydrogen-bond acceptors (Lipinski definition) is 2. The van der Waals surface area contributed by atoms with Crippen LogP contribution >= 0.6 is 0 Å². The molecule has 1 atom stereocenters. The molecule has 1 amide bonds. The van der Waals surface area contributed by atoms with Crippen molar-refractivity contribution >= 4 is 5.91 Å². The van der Waals surface area contributed by atoms with Gasteiger partial charge in [0.25, 0.3) is 0 Å². The Morgan fingerprint density at radius 2 is 2.05 bits per heavy atom. The lowest BCUT2D eigenvalue weighted by molar-refractivity contribution is -0.138. The molecule has 1 aromatic rings. The van der Waals surface area contributed by atoms with Gasteiger partial charge in [-0.3, -0.25) is 4.79 Å². The van der Waals surface area contributed by atoms with Gasteiger partial charge in [-0.1, -0.05) is 29.8 Å². The molecule has 1 saturated heterocycles. The number of benzene rings is 1. The number of nitrogens with zero attached hydrogens (tertiary/aromatic N) is 1. The van der Waals surface area contributed by atoms with Crippen molar-refractivity contribution in [1.29, 1.82) is 0 Å². The average Bonchev–Trinajstić information content (AvgIpc) is 2.86. The molecule has 0 bridgehead atoms. The fraction of sp³-hybridized carbons (Fsp3) is 0.562. The Kier molecular flexibility index (Phi) is 4.59. The third-order valence-electron chi connectivity index (χ3n) is 3.58. The van der Waals surface area contributed by atoms with E-state index in [2.05, 4.69) is 31.2 Å². The third kappa shape index (κ3) is 3.57. The van der Waals surface area contributed by atoms with Crippen molar-refractivity contribution in [3.63, 3.8) is 0 Å². The Balaban J connectivity index is 2.04. The van der Waals surface area contributed by atoms with E-state index in [9.17, 15) is 4.79 Å². The summed E-state index contributed by atoms with van der Waals surface area (Å²) in [5.41, 5.74) is 2.49. The number of hydrogen-bond donors (Lipinski definition) is 0. The van der Waals surface area contributed by atoms with Crippen molar-refractivity contribution in [3.05, 3.63) is 35.4 Å². The van der Waals surface area contributed by atoms with Gasteiger partial charge in [-0.25, -0.2) is 0 Å². The second kappa shape index (κ2) is 6.20. The normalized spacial score (nSPS) is 19.2. The van der Waals surface area contributed by atoms with E-state index in [1.165, 1.54) is 11.1 Å². The molecule has 0 aromatic heterocycles. The van der Waals surface area contributed by atoms with Crippen LogP contribution in [0.5, 0.6) is 0 Å². The lowest BCUT2D eigenvalue weighted by Gasteiger charge is -2.25. The maximum absolute atomic E-state index is 12.2. The molecule has 1 aromatic carbocycles. The van der Waals surface area contributed by atoms with E-state index in [1.54, 1.807) is 0 Å². The minimum Gasteiger partial charge on any atom is -0.369 e. The SMILES string of the molecule is Cc1ccc(C2CCCN2C(=O)COC(C)C)cc1. The van der Waals surface area contributed by atoms with E-state index in [0.29, 0.717) is 0 Å². The van der Waals surface area contributed by atoms with Gasteiger partial charge in [0.15, 0.2) is 0 Å². The number of carbonyl (C=O) groups is 1. The molecule has 2 rings (SSSR count). The van der Waals surface area contributed by atoms with Crippen LogP contribution < -0.4 is 0 Å². The van der Waals surface area contributed by atoms with E-state index < -0.39 is 0 Å². The fourth-order valence-corrected chi connectivity index (χ4v) is 2.52. The standard InChI is InChI=1S/C16H23NO2/c1-12(2)19-11-16(18)17-10-4-5-15(17)14-8-6-13(3)7-9-14/h6-9,12,15H,4-5,10-11H2,1-3H3. The Morgan fingerprint density at radius 1 is 1.37 bits per heavy atom. The van der Waals surface area contributed by atoms with Gasteiger partial charge in [-0.05, 0) is 39.2 Å². The van der Waals surface area contributed by atoms with Crippen LogP contribution in [0.4, 0.5) is 0 Å². The topological polar surface area (TPSA) is 29.5 Å². The van der Waals surface area contributed by atoms with Gasteiger partial charge in [0, 0.05) is 6.54 Å². The molecule has 3 heteroatoms. The fourth-order valence-electron chi connectivity index (χ4n) is 2.52. The second-order valence-electron chi connectivity index (χ2n) is 5.52. The molecule has 0 N–H and O–H groups in total. The summed E-state index contributed by atoms with van der Waals surface area (Å²) < 4.78 is 5.43. The Bertz CT molecular complexity index is 425. The molecule has 1 unspecified atom stereocenters. The molecule has 1 fully saturated rings. The van der Waals surface area contributed by atoms with Gasteiger partial charge >= 0.3 is 0 Å². The molecule has 0 aliphatic carbocycles. The monoisotopic (exact) mass is 261 g/mol. The number of rotatable bonds is 4. The van der Waals surface area contributed by atoms with Crippen LogP contribution in [0.15, 0.2) is 24.3 Å². The van der Waals surface area contributed by atoms with E-state index in [0.717, 1.165) is 19.4 Å². The second-order valence-corrected chi connectivity index (χ2v) is 5.52. The summed E-state index contributed by atoms with van der Waals surface area (Å²) in [6.07, 6.45) is 2.23. The van der Waals surface area contributed by atoms with Gasteiger partial charge in [-0.2, -0.15) is 0 Å². The smallest absolute Gasteiger partial charge is 0.249 e. The number of carbonyl (C=O) groups excluding carboxylic acids is 1. The van der Waals surface area contributed by atoms with Crippen molar-refractivity contribution in [2.75, 3.05) is 13.2 Å². The third-order valence-corrected chi connectivity index (χ3v) is 3.58. The van der Waals surface area contributed by atoms with Crippen LogP contribution in [-0.2, 0) is 9.53 Å². The van der Waals surface area contributed by atoms with Gasteiger partial charge < -0.3 is 9.64 Å². The number of amides is 1. The summed E-state index contributed by atoms with van der Waals surface area (Å²) >= 11 is 0. The minimum absolute atomic E-state index is 0.101. The highest BCUT2D eigenvalue weighted by Gasteiger charge is 2.29. The lowest BCUT2D eigenvalue weighted by Crippen LogP contribution is -2.34. The van der Waals surface area contributed by atoms with Crippen LogP contribution in [0.2, 0.25) is 0 Å². The first-order valence-corrected chi connectivity index (χ1v) is 7.05. The number of aryl methyl sites for hydroxylation is 1. The van der Waals surface area contributed by atoms with Gasteiger partial charge in [0.05, 0.1) is 12.1 Å². The van der Waals surface area contributed by atoms with Crippen LogP contribution in [0, 0.1) is 6.92 Å². The zero-order chi connectivity index (χ0) is 13.8. The molecule has 1 aliphatic rings. The molecule has 0 spiro atoms. The summed E-state index contributed by atoms with van der Waals surface area (Å²) in [4.78, 5) is 14.2. The lowest BCUT2D eigenvalue weighted by atomic mass is 10.0. The Morgan fingerprint density at radius 3 is 2.68 bits per heavy atom. The highest BCUT2D eigenvalue weighted by atomic mass is 16.5. The van der Waals surface area contributed by atoms with Gasteiger partial charge in [0.1, 0.15) is 6.61 Å². The first-order chi connectivity index (χ1) is 9.08. The van der Waals surface area contributed by atoms with Crippen LogP contribution in [0.1, 0.15) is 43.9 Å². The van der Waals surface area contributed by atoms with Crippen molar-refractivity contribution in [3.8, 4) is 0 Å². The van der Waals surface area contributed by atoms with E-state index >= 15 is 0 Å². The quantitative estimate of drug-likeness (QED) is 0.833. The first-order valence-electron chi connectivity index (χ1n) is 7.05. The summed E-state index contributed by atoms with van der Waals surface area (Å²) in [7, 11) is 0. The van der Waals surface area contributed by atoms with E-state index in [4.69, 9.17) is 4.74 Å². The van der Waals surface area contributed by atoms with Crippen LogP contribution in [-0.4, -0.2) is 30.1 Å². The predicted octanol–water partition coefficient (Wildman–Crippen LogP) is 3.08. The molecule has 104 valence electrons. The van der Waals surface area contributed by atoms with Crippen molar-refractivity contribution in [2.24, 2.45) is 0 Å². The molecule has 0 saturated carbocycles. The molecule has 3 nitrogen and oxygen atoms in total. The zero-order valence-corrected chi connectivity index (χ0v) is 12.1. The largest absolute Gasteiger partial charge is 0.369 e. The maximum atomic E-state index is 12.2. The van der Waals surface area contributed by atoms with Crippen molar-refractivity contribution in [2.45, 2.75) is 45.8 Å². The Hall–Kier alpha value is -1.35. The highest BCUT2D eigenvalue weighted by molar-refractivity contribution is 5.78. The van der Waals surface area contributed by atoms with E-state index in [-0.39, 0.29) is 24.7 Å². The predicted molar refractivity (Wildman–Crippen MR) is 76.0 cm³/mol. The first kappa shape index (κ1) is 14.1. The molecule has 19 heavy (non-hydrogen) atoms. The van der Waals surface area contributed by atoms with E-state index in [1.807, 2.05) is 18.7 Å². The number of likely N-dealkylation sites (tertiary alicyclic amines) is 1. The summed E-state index contributed by atoms with van der Waals surface area (Å²) in [6, 6.07) is 8.72. The molecule has 1 heterocycles. The Labute approximate surface area is 115 Å². The van der Waals surface area contributed by atoms with Gasteiger partial charge in [-0.15, -0.1) is 0 Å². The summed E-state index contributed by atoms with van der Waals surface area (Å²) in [5, 5.41) is 0. The maximum Gasteiger partial charge on any atom is 0.249 e. The molecular weight excluding hydrogens is 238 g/mol. The minimum atomic E-state index is 0.101. The van der Waals surface area contributed by atoms with Crippen molar-refractivity contribution in [1.82, 2.24) is 4.90 Å². The molecule has 0 radical (unpaired) electrons. The molecular formula is C16H23NO2. The van der Waals surface area contributed by atoms with Crippen LogP contribution in [0.25, 0.3) is 0 Å². The van der Waals surface area contributed by atoms with Crippen LogP contribution in [0.3, 0.4) is 0 Å². The van der Waals surface area contributed by atoms with Gasteiger partial charge in [0.2, 0.25) is 5.91 Å². The zero-order valence-electron chi connectivity index (χ0n) is 12.1. The summed E-state index contributed by atoms with van der Waals surface area (Å²) in [6.45, 7) is 7.03.